The number of fused-ring (bicyclic) bond motifs is 1. The van der Waals surface area contributed by atoms with Crippen LogP contribution in [0.5, 0.6) is 0 Å². The number of carboxylic acids is 1. The summed E-state index contributed by atoms with van der Waals surface area (Å²) >= 11 is 0. The van der Waals surface area contributed by atoms with Gasteiger partial charge < -0.3 is 14.4 Å². The van der Waals surface area contributed by atoms with E-state index in [2.05, 4.69) is 4.90 Å². The van der Waals surface area contributed by atoms with Gasteiger partial charge in [-0.2, -0.15) is 0 Å². The zero-order valence-corrected chi connectivity index (χ0v) is 11.3. The van der Waals surface area contributed by atoms with Crippen molar-refractivity contribution in [1.82, 2.24) is 4.90 Å². The summed E-state index contributed by atoms with van der Waals surface area (Å²) in [4.78, 5) is 12.7. The van der Waals surface area contributed by atoms with Crippen LogP contribution in [-0.2, 0) is 4.79 Å². The molecule has 0 saturated heterocycles. The highest BCUT2D eigenvalue weighted by Crippen LogP contribution is 2.31. The van der Waals surface area contributed by atoms with Crippen LogP contribution in [0, 0.1) is 0 Å². The van der Waals surface area contributed by atoms with E-state index in [9.17, 15) is 4.79 Å². The summed E-state index contributed by atoms with van der Waals surface area (Å²) in [6, 6.07) is 8.11. The van der Waals surface area contributed by atoms with E-state index in [-0.39, 0.29) is 12.5 Å². The van der Waals surface area contributed by atoms with E-state index in [1.54, 1.807) is 6.26 Å². The molecule has 0 aliphatic heterocycles. The Bertz CT molecular complexity index is 559. The van der Waals surface area contributed by atoms with E-state index in [0.717, 1.165) is 23.0 Å². The molecule has 1 aromatic carbocycles. The second kappa shape index (κ2) is 5.89. The lowest BCUT2D eigenvalue weighted by molar-refractivity contribution is -0.137. The Hall–Kier alpha value is -1.81. The summed E-state index contributed by atoms with van der Waals surface area (Å²) in [6.45, 7) is 0. The number of rotatable bonds is 6. The third-order valence-electron chi connectivity index (χ3n) is 3.36. The number of para-hydroxylation sites is 1. The van der Waals surface area contributed by atoms with Gasteiger partial charge in [-0.15, -0.1) is 0 Å². The van der Waals surface area contributed by atoms with E-state index >= 15 is 0 Å². The number of carboxylic acid groups (broad SMARTS) is 1. The minimum absolute atomic E-state index is 0.183. The van der Waals surface area contributed by atoms with Crippen molar-refractivity contribution in [3.05, 3.63) is 36.1 Å². The van der Waals surface area contributed by atoms with Crippen molar-refractivity contribution < 1.29 is 14.3 Å². The van der Waals surface area contributed by atoms with Crippen LogP contribution in [0.15, 0.2) is 34.9 Å². The number of carbonyl (C=O) groups is 1. The summed E-state index contributed by atoms with van der Waals surface area (Å²) in [5, 5.41) is 9.84. The lowest BCUT2D eigenvalue weighted by Crippen LogP contribution is -2.20. The van der Waals surface area contributed by atoms with E-state index in [1.807, 2.05) is 38.4 Å². The number of hydrogen-bond donors (Lipinski definition) is 1. The normalized spacial score (nSPS) is 13.0. The van der Waals surface area contributed by atoms with Gasteiger partial charge in [0.2, 0.25) is 0 Å². The first-order valence-corrected chi connectivity index (χ1v) is 6.44. The number of aliphatic carboxylic acids is 1. The van der Waals surface area contributed by atoms with Crippen molar-refractivity contribution in [3.8, 4) is 0 Å². The highest BCUT2D eigenvalue weighted by molar-refractivity contribution is 5.81. The molecule has 0 aliphatic carbocycles. The van der Waals surface area contributed by atoms with Gasteiger partial charge in [0.25, 0.3) is 0 Å². The van der Waals surface area contributed by atoms with Crippen LogP contribution >= 0.6 is 0 Å². The molecule has 0 fully saturated rings. The summed E-state index contributed by atoms with van der Waals surface area (Å²) in [7, 11) is 4.01. The minimum atomic E-state index is -0.741. The monoisotopic (exact) mass is 261 g/mol. The highest BCUT2D eigenvalue weighted by Gasteiger charge is 2.19. The van der Waals surface area contributed by atoms with Crippen molar-refractivity contribution in [2.75, 3.05) is 14.1 Å². The predicted molar refractivity (Wildman–Crippen MR) is 74.1 cm³/mol. The number of furan rings is 1. The maximum absolute atomic E-state index is 10.6. The van der Waals surface area contributed by atoms with Crippen LogP contribution in [0.3, 0.4) is 0 Å². The molecule has 4 heteroatoms. The van der Waals surface area contributed by atoms with Crippen molar-refractivity contribution in [1.29, 1.82) is 0 Å². The number of hydrogen-bond acceptors (Lipinski definition) is 3. The minimum Gasteiger partial charge on any atom is -0.481 e. The molecular weight excluding hydrogens is 242 g/mol. The fourth-order valence-electron chi connectivity index (χ4n) is 2.39. The molecule has 102 valence electrons. The van der Waals surface area contributed by atoms with E-state index in [1.165, 1.54) is 0 Å². The fraction of sp³-hybridized carbons (Fsp3) is 0.400. The van der Waals surface area contributed by atoms with Gasteiger partial charge in [0.1, 0.15) is 5.58 Å². The largest absolute Gasteiger partial charge is 0.481 e. The third-order valence-corrected chi connectivity index (χ3v) is 3.36. The van der Waals surface area contributed by atoms with E-state index < -0.39 is 5.97 Å². The van der Waals surface area contributed by atoms with E-state index in [0.29, 0.717) is 6.42 Å². The molecule has 4 nitrogen and oxygen atoms in total. The standard InChI is InChI=1S/C15H19NO3/c1-16(2)13(7-5-9-15(17)18)12-10-19-14-8-4-3-6-11(12)14/h3-4,6,8,10,13H,5,7,9H2,1-2H3,(H,17,18). The Morgan fingerprint density at radius 3 is 2.79 bits per heavy atom. The SMILES string of the molecule is CN(C)C(CCCC(=O)O)c1coc2ccccc12. The molecule has 0 bridgehead atoms. The number of nitrogens with zero attached hydrogens (tertiary/aromatic N) is 1. The molecule has 19 heavy (non-hydrogen) atoms. The molecule has 1 aromatic heterocycles. The van der Waals surface area contributed by atoms with Crippen LogP contribution in [0.4, 0.5) is 0 Å². The highest BCUT2D eigenvalue weighted by atomic mass is 16.4. The van der Waals surface area contributed by atoms with Crippen LogP contribution < -0.4 is 0 Å². The lowest BCUT2D eigenvalue weighted by Gasteiger charge is -2.23. The third kappa shape index (κ3) is 3.15. The Morgan fingerprint density at radius 1 is 1.37 bits per heavy atom. The van der Waals surface area contributed by atoms with Gasteiger partial charge in [-0.3, -0.25) is 4.79 Å². The first-order chi connectivity index (χ1) is 9.09. The average Bonchev–Trinajstić information content (AvgIpc) is 2.77. The van der Waals surface area contributed by atoms with Crippen LogP contribution in [0.25, 0.3) is 11.0 Å². The Kier molecular flexibility index (Phi) is 4.22. The molecule has 0 spiro atoms. The van der Waals surface area contributed by atoms with Gasteiger partial charge in [0.15, 0.2) is 0 Å². The van der Waals surface area contributed by atoms with Gasteiger partial charge in [-0.05, 0) is 33.0 Å². The number of benzene rings is 1. The first kappa shape index (κ1) is 13.6. The quantitative estimate of drug-likeness (QED) is 0.867. The summed E-state index contributed by atoms with van der Waals surface area (Å²) in [6.07, 6.45) is 3.47. The smallest absolute Gasteiger partial charge is 0.303 e. The second-order valence-electron chi connectivity index (χ2n) is 4.95. The first-order valence-electron chi connectivity index (χ1n) is 6.44. The predicted octanol–water partition coefficient (Wildman–Crippen LogP) is 3.29. The Balaban J connectivity index is 2.21. The molecule has 0 saturated carbocycles. The van der Waals surface area contributed by atoms with Crippen molar-refractivity contribution in [3.63, 3.8) is 0 Å². The van der Waals surface area contributed by atoms with Gasteiger partial charge >= 0.3 is 5.97 Å². The van der Waals surface area contributed by atoms with Crippen molar-refractivity contribution in [2.45, 2.75) is 25.3 Å². The van der Waals surface area contributed by atoms with Crippen LogP contribution in [0.1, 0.15) is 30.9 Å². The fourth-order valence-corrected chi connectivity index (χ4v) is 2.39. The average molecular weight is 261 g/mol. The molecule has 0 aliphatic rings. The Morgan fingerprint density at radius 2 is 2.11 bits per heavy atom. The molecule has 1 heterocycles. The maximum atomic E-state index is 10.6. The molecule has 1 unspecified atom stereocenters. The zero-order valence-electron chi connectivity index (χ0n) is 11.3. The summed E-state index contributed by atoms with van der Waals surface area (Å²) < 4.78 is 5.56. The molecule has 1 N–H and O–H groups in total. The molecule has 0 amide bonds. The van der Waals surface area contributed by atoms with Crippen LogP contribution in [-0.4, -0.2) is 30.1 Å². The lowest BCUT2D eigenvalue weighted by atomic mass is 9.99. The molecular formula is C15H19NO3. The van der Waals surface area contributed by atoms with Gasteiger partial charge in [-0.1, -0.05) is 18.2 Å². The molecule has 2 rings (SSSR count). The van der Waals surface area contributed by atoms with E-state index in [4.69, 9.17) is 9.52 Å². The zero-order chi connectivity index (χ0) is 13.8. The van der Waals surface area contributed by atoms with Gasteiger partial charge in [-0.25, -0.2) is 0 Å². The summed E-state index contributed by atoms with van der Waals surface area (Å²) in [5.74, 6) is -0.741. The summed E-state index contributed by atoms with van der Waals surface area (Å²) in [5.41, 5.74) is 2.01. The topological polar surface area (TPSA) is 53.7 Å². The maximum Gasteiger partial charge on any atom is 0.303 e. The second-order valence-corrected chi connectivity index (χ2v) is 4.95. The molecule has 0 radical (unpaired) electrons. The Labute approximate surface area is 112 Å². The molecule has 1 atom stereocenters. The van der Waals surface area contributed by atoms with Crippen molar-refractivity contribution in [2.24, 2.45) is 0 Å². The van der Waals surface area contributed by atoms with Gasteiger partial charge in [0.05, 0.1) is 6.26 Å². The van der Waals surface area contributed by atoms with Crippen molar-refractivity contribution >= 4 is 16.9 Å². The molecule has 2 aromatic rings. The van der Waals surface area contributed by atoms with Crippen LogP contribution in [0.2, 0.25) is 0 Å². The van der Waals surface area contributed by atoms with Gasteiger partial charge in [0, 0.05) is 23.4 Å².